The largest absolute Gasteiger partial charge is 0.280 e. The van der Waals surface area contributed by atoms with E-state index < -0.39 is 15.8 Å². The Morgan fingerprint density at radius 3 is 2.45 bits per heavy atom. The number of benzene rings is 2. The van der Waals surface area contributed by atoms with Gasteiger partial charge >= 0.3 is 0 Å². The Kier molecular flexibility index (Phi) is 4.01. The molecule has 3 nitrogen and oxygen atoms in total. The van der Waals surface area contributed by atoms with Crippen molar-refractivity contribution in [3.8, 4) is 0 Å². The van der Waals surface area contributed by atoms with Crippen LogP contribution in [0.3, 0.4) is 0 Å². The molecule has 2 aromatic rings. The van der Waals surface area contributed by atoms with Crippen LogP contribution in [-0.4, -0.2) is 8.42 Å². The molecule has 0 aliphatic heterocycles. The second-order valence-electron chi connectivity index (χ2n) is 4.50. The second kappa shape index (κ2) is 5.42. The summed E-state index contributed by atoms with van der Waals surface area (Å²) in [4.78, 5) is 0.193. The summed E-state index contributed by atoms with van der Waals surface area (Å²) in [5.74, 6) is -0.596. The van der Waals surface area contributed by atoms with Gasteiger partial charge in [0.1, 0.15) is 5.82 Å². The molecule has 0 heterocycles. The Bertz CT molecular complexity index is 760. The topological polar surface area (TPSA) is 46.2 Å². The van der Waals surface area contributed by atoms with Gasteiger partial charge < -0.3 is 0 Å². The highest BCUT2D eigenvalue weighted by molar-refractivity contribution is 7.92. The molecule has 0 aliphatic rings. The van der Waals surface area contributed by atoms with Crippen molar-refractivity contribution in [2.75, 3.05) is 4.72 Å². The molecule has 0 atom stereocenters. The molecule has 0 saturated carbocycles. The van der Waals surface area contributed by atoms with E-state index in [1.807, 2.05) is 13.0 Å². The fourth-order valence-electron chi connectivity index (χ4n) is 1.77. The first-order valence-electron chi connectivity index (χ1n) is 5.85. The smallest absolute Gasteiger partial charge is 0.262 e. The second-order valence-corrected chi connectivity index (χ2v) is 6.56. The molecule has 0 amide bonds. The minimum Gasteiger partial charge on any atom is -0.280 e. The van der Waals surface area contributed by atoms with Crippen LogP contribution >= 0.6 is 11.6 Å². The van der Waals surface area contributed by atoms with Gasteiger partial charge in [-0.1, -0.05) is 23.7 Å². The first-order chi connectivity index (χ1) is 9.29. The van der Waals surface area contributed by atoms with E-state index in [9.17, 15) is 12.8 Å². The van der Waals surface area contributed by atoms with Crippen molar-refractivity contribution in [3.63, 3.8) is 0 Å². The average molecular weight is 314 g/mol. The first-order valence-corrected chi connectivity index (χ1v) is 7.71. The summed E-state index contributed by atoms with van der Waals surface area (Å²) in [6.07, 6.45) is 0. The number of anilines is 1. The molecule has 0 spiro atoms. The predicted octanol–water partition coefficient (Wildman–Crippen LogP) is 3.90. The monoisotopic (exact) mass is 313 g/mol. The van der Waals surface area contributed by atoms with Crippen molar-refractivity contribution in [2.45, 2.75) is 18.7 Å². The molecular formula is C14H13ClFNO2S. The maximum atomic E-state index is 13.1. The lowest BCUT2D eigenvalue weighted by molar-refractivity contribution is 0.600. The SMILES string of the molecule is Cc1ccc(C)c(S(=O)(=O)Nc2ccc(F)c(Cl)c2)c1. The van der Waals surface area contributed by atoms with E-state index in [0.717, 1.165) is 11.6 Å². The van der Waals surface area contributed by atoms with Crippen LogP contribution in [0.15, 0.2) is 41.3 Å². The van der Waals surface area contributed by atoms with Gasteiger partial charge in [-0.05, 0) is 49.2 Å². The van der Waals surface area contributed by atoms with Crippen molar-refractivity contribution in [2.24, 2.45) is 0 Å². The van der Waals surface area contributed by atoms with Gasteiger partial charge in [-0.3, -0.25) is 4.72 Å². The highest BCUT2D eigenvalue weighted by Crippen LogP contribution is 2.24. The average Bonchev–Trinajstić information content (AvgIpc) is 2.36. The predicted molar refractivity (Wildman–Crippen MR) is 78.1 cm³/mol. The lowest BCUT2D eigenvalue weighted by Gasteiger charge is -2.11. The highest BCUT2D eigenvalue weighted by Gasteiger charge is 2.17. The molecule has 0 saturated heterocycles. The summed E-state index contributed by atoms with van der Waals surface area (Å²) in [6, 6.07) is 8.83. The third-order valence-corrected chi connectivity index (χ3v) is 4.62. The summed E-state index contributed by atoms with van der Waals surface area (Å²) in [5, 5.41) is -0.133. The van der Waals surface area contributed by atoms with Gasteiger partial charge in [-0.25, -0.2) is 12.8 Å². The Morgan fingerprint density at radius 2 is 1.80 bits per heavy atom. The lowest BCUT2D eigenvalue weighted by atomic mass is 10.2. The number of nitrogens with one attached hydrogen (secondary N) is 1. The normalized spacial score (nSPS) is 11.4. The molecule has 0 bridgehead atoms. The third-order valence-electron chi connectivity index (χ3n) is 2.80. The molecule has 20 heavy (non-hydrogen) atoms. The van der Waals surface area contributed by atoms with Crippen LogP contribution in [0.4, 0.5) is 10.1 Å². The molecule has 6 heteroatoms. The fraction of sp³-hybridized carbons (Fsp3) is 0.143. The number of hydrogen-bond donors (Lipinski definition) is 1. The van der Waals surface area contributed by atoms with Crippen LogP contribution in [0.25, 0.3) is 0 Å². The Morgan fingerprint density at radius 1 is 1.10 bits per heavy atom. The third kappa shape index (κ3) is 3.11. The van der Waals surface area contributed by atoms with Crippen LogP contribution in [-0.2, 0) is 10.0 Å². The van der Waals surface area contributed by atoms with Crippen LogP contribution in [0.5, 0.6) is 0 Å². The van der Waals surface area contributed by atoms with Crippen molar-refractivity contribution < 1.29 is 12.8 Å². The number of sulfonamides is 1. The van der Waals surface area contributed by atoms with E-state index >= 15 is 0 Å². The quantitative estimate of drug-likeness (QED) is 0.934. The first kappa shape index (κ1) is 14.8. The van der Waals surface area contributed by atoms with Crippen LogP contribution in [0.1, 0.15) is 11.1 Å². The summed E-state index contributed by atoms with van der Waals surface area (Å²) in [7, 11) is -3.73. The van der Waals surface area contributed by atoms with Gasteiger partial charge in [0.15, 0.2) is 0 Å². The minimum atomic E-state index is -3.73. The van der Waals surface area contributed by atoms with Crippen molar-refractivity contribution in [1.82, 2.24) is 0 Å². The summed E-state index contributed by atoms with van der Waals surface area (Å²) < 4.78 is 40.1. The molecule has 0 aromatic heterocycles. The zero-order valence-electron chi connectivity index (χ0n) is 10.9. The molecule has 1 N–H and O–H groups in total. The zero-order valence-corrected chi connectivity index (χ0v) is 12.5. The molecule has 0 radical (unpaired) electrons. The van der Waals surface area contributed by atoms with Gasteiger partial charge in [-0.15, -0.1) is 0 Å². The number of rotatable bonds is 3. The minimum absolute atomic E-state index is 0.133. The molecule has 0 fully saturated rings. The summed E-state index contributed by atoms with van der Waals surface area (Å²) >= 11 is 5.64. The van der Waals surface area contributed by atoms with E-state index in [0.29, 0.717) is 5.56 Å². The maximum Gasteiger partial charge on any atom is 0.262 e. The Labute approximate surface area is 122 Å². The van der Waals surface area contributed by atoms with Crippen LogP contribution < -0.4 is 4.72 Å². The Balaban J connectivity index is 2.40. The fourth-order valence-corrected chi connectivity index (χ4v) is 3.33. The molecule has 0 aliphatic carbocycles. The highest BCUT2D eigenvalue weighted by atomic mass is 35.5. The van der Waals surface area contributed by atoms with E-state index in [1.165, 1.54) is 12.1 Å². The van der Waals surface area contributed by atoms with Crippen LogP contribution in [0.2, 0.25) is 5.02 Å². The van der Waals surface area contributed by atoms with Gasteiger partial charge in [0.25, 0.3) is 10.0 Å². The summed E-state index contributed by atoms with van der Waals surface area (Å²) in [5.41, 5.74) is 1.70. The van der Waals surface area contributed by atoms with E-state index in [4.69, 9.17) is 11.6 Å². The number of hydrogen-bond acceptors (Lipinski definition) is 2. The zero-order chi connectivity index (χ0) is 14.9. The van der Waals surface area contributed by atoms with Crippen molar-refractivity contribution >= 4 is 27.3 Å². The molecule has 106 valence electrons. The molecule has 2 rings (SSSR count). The van der Waals surface area contributed by atoms with Gasteiger partial charge in [0, 0.05) is 0 Å². The van der Waals surface area contributed by atoms with Crippen molar-refractivity contribution in [1.29, 1.82) is 0 Å². The lowest BCUT2D eigenvalue weighted by Crippen LogP contribution is -2.14. The van der Waals surface area contributed by atoms with Crippen LogP contribution in [0, 0.1) is 19.7 Å². The molecular weight excluding hydrogens is 301 g/mol. The summed E-state index contributed by atoms with van der Waals surface area (Å²) in [6.45, 7) is 3.53. The van der Waals surface area contributed by atoms with Gasteiger partial charge in [-0.2, -0.15) is 0 Å². The van der Waals surface area contributed by atoms with Gasteiger partial charge in [0.2, 0.25) is 0 Å². The maximum absolute atomic E-state index is 13.1. The Hall–Kier alpha value is -1.59. The van der Waals surface area contributed by atoms with E-state index in [-0.39, 0.29) is 15.6 Å². The molecule has 0 unspecified atom stereocenters. The van der Waals surface area contributed by atoms with E-state index in [2.05, 4.69) is 4.72 Å². The number of halogens is 2. The van der Waals surface area contributed by atoms with Gasteiger partial charge in [0.05, 0.1) is 15.6 Å². The number of aryl methyl sites for hydroxylation is 2. The van der Waals surface area contributed by atoms with E-state index in [1.54, 1.807) is 19.1 Å². The van der Waals surface area contributed by atoms with Crippen molar-refractivity contribution in [3.05, 3.63) is 58.4 Å². The standard InChI is InChI=1S/C14H13ClFNO2S/c1-9-3-4-10(2)14(7-9)20(18,19)17-11-5-6-13(16)12(15)8-11/h3-8,17H,1-2H3. The molecule has 2 aromatic carbocycles.